The van der Waals surface area contributed by atoms with Crippen LogP contribution in [0.25, 0.3) is 0 Å². The minimum Gasteiger partial charge on any atom is -0.390 e. The molecule has 0 unspecified atom stereocenters. The molecule has 2 aliphatic rings. The summed E-state index contributed by atoms with van der Waals surface area (Å²) in [6, 6.07) is 0. The fraction of sp³-hybridized carbons (Fsp3) is 0.300. The van der Waals surface area contributed by atoms with Crippen molar-refractivity contribution >= 4 is 11.6 Å². The molecule has 0 radical (unpaired) electrons. The van der Waals surface area contributed by atoms with Crippen molar-refractivity contribution in [3.63, 3.8) is 0 Å². The van der Waals surface area contributed by atoms with Gasteiger partial charge in [-0.1, -0.05) is 24.3 Å². The molecule has 0 aromatic heterocycles. The first kappa shape index (κ1) is 21.9. The minimum atomic E-state index is 0. The first-order valence-electron chi connectivity index (χ1n) is 8.63. The molecule has 0 bridgehead atoms. The summed E-state index contributed by atoms with van der Waals surface area (Å²) in [5.41, 5.74) is 1.38. The second-order valence-corrected chi connectivity index (χ2v) is 5.73. The molecule has 0 aromatic rings. The van der Waals surface area contributed by atoms with Gasteiger partial charge >= 0.3 is 0 Å². The van der Waals surface area contributed by atoms with Gasteiger partial charge in [-0.25, -0.2) is 0 Å². The topological polar surface area (TPSA) is 70.2 Å². The van der Waals surface area contributed by atoms with Gasteiger partial charge in [-0.05, 0) is 50.2 Å². The van der Waals surface area contributed by atoms with E-state index >= 15 is 0 Å². The Morgan fingerprint density at radius 3 is 1.50 bits per heavy atom. The van der Waals surface area contributed by atoms with Crippen molar-refractivity contribution in [2.45, 2.75) is 12.8 Å². The fourth-order valence-electron chi connectivity index (χ4n) is 2.32. The molecule has 0 spiro atoms. The van der Waals surface area contributed by atoms with Crippen LogP contribution in [0, 0.1) is 0 Å². The van der Waals surface area contributed by atoms with Gasteiger partial charge in [0, 0.05) is 53.1 Å². The van der Waals surface area contributed by atoms with Gasteiger partial charge in [-0.3, -0.25) is 9.59 Å². The Balaban J connectivity index is 0.00000338. The third-order valence-electron chi connectivity index (χ3n) is 3.70. The molecule has 0 aliphatic heterocycles. The number of carbonyl (C=O) groups excluding carboxylic acids is 2. The molecule has 0 heterocycles. The van der Waals surface area contributed by atoms with E-state index in [1.165, 1.54) is 0 Å². The van der Waals surface area contributed by atoms with Crippen LogP contribution >= 0.6 is 0 Å². The Morgan fingerprint density at radius 2 is 1.08 bits per heavy atom. The molecule has 2 rings (SSSR count). The maximum Gasteiger partial charge on any atom is 0.187 e. The van der Waals surface area contributed by atoms with E-state index in [1.54, 1.807) is 36.7 Å². The number of hydrogen-bond donors (Lipinski definition) is 3. The van der Waals surface area contributed by atoms with Gasteiger partial charge in [0.1, 0.15) is 0 Å². The first-order valence-corrected chi connectivity index (χ1v) is 8.63. The summed E-state index contributed by atoms with van der Waals surface area (Å²) in [5, 5.41) is 9.70. The molecule has 3 N–H and O–H groups in total. The van der Waals surface area contributed by atoms with Crippen LogP contribution < -0.4 is 16.0 Å². The number of carbonyl (C=O) groups is 2. The van der Waals surface area contributed by atoms with Crippen molar-refractivity contribution in [2.24, 2.45) is 0 Å². The van der Waals surface area contributed by atoms with Crippen molar-refractivity contribution < 1.29 is 26.1 Å². The molecule has 142 valence electrons. The summed E-state index contributed by atoms with van der Waals surface area (Å²) in [6.45, 7) is 3.50. The standard InChI is InChI=1S/C20H25N3O2.Ni/c24-19-9-3-1-7-17(19)15-22-13-5-11-21-12-6-14-23-16-18-8-2-4-10-20(18)25;/h1-4,7-10,15-16,21-23H,5-6,11-14H2;/b17-15-,18-16-;. The number of nitrogens with one attached hydrogen (secondary N) is 3. The Labute approximate surface area is 165 Å². The van der Waals surface area contributed by atoms with Crippen molar-refractivity contribution in [2.75, 3.05) is 26.2 Å². The molecule has 0 saturated carbocycles. The van der Waals surface area contributed by atoms with Gasteiger partial charge in [-0.2, -0.15) is 0 Å². The second kappa shape index (κ2) is 13.1. The zero-order valence-electron chi connectivity index (χ0n) is 14.6. The third-order valence-corrected chi connectivity index (χ3v) is 3.70. The van der Waals surface area contributed by atoms with Crippen LogP contribution in [0.3, 0.4) is 0 Å². The summed E-state index contributed by atoms with van der Waals surface area (Å²) in [7, 11) is 0. The molecule has 0 aromatic carbocycles. The number of hydrogen-bond acceptors (Lipinski definition) is 5. The van der Waals surface area contributed by atoms with E-state index in [0.717, 1.165) is 39.0 Å². The normalized spacial score (nSPS) is 18.5. The van der Waals surface area contributed by atoms with Gasteiger partial charge in [0.05, 0.1) is 0 Å². The van der Waals surface area contributed by atoms with Gasteiger partial charge in [-0.15, -0.1) is 0 Å². The number of ketones is 2. The monoisotopic (exact) mass is 397 g/mol. The molecule has 5 nitrogen and oxygen atoms in total. The van der Waals surface area contributed by atoms with E-state index in [0.29, 0.717) is 11.1 Å². The van der Waals surface area contributed by atoms with Crippen molar-refractivity contribution in [1.82, 2.24) is 16.0 Å². The van der Waals surface area contributed by atoms with Crippen LogP contribution in [0.2, 0.25) is 0 Å². The van der Waals surface area contributed by atoms with E-state index in [9.17, 15) is 9.59 Å². The van der Waals surface area contributed by atoms with Gasteiger partial charge < -0.3 is 16.0 Å². The van der Waals surface area contributed by atoms with E-state index in [1.807, 2.05) is 24.3 Å². The van der Waals surface area contributed by atoms with Crippen molar-refractivity contribution in [3.05, 3.63) is 72.2 Å². The fourth-order valence-corrected chi connectivity index (χ4v) is 2.32. The predicted octanol–water partition coefficient (Wildman–Crippen LogP) is 1.69. The average molecular weight is 398 g/mol. The van der Waals surface area contributed by atoms with E-state index < -0.39 is 0 Å². The molecule has 0 amide bonds. The predicted molar refractivity (Wildman–Crippen MR) is 101 cm³/mol. The first-order chi connectivity index (χ1) is 12.3. The SMILES string of the molecule is O=C1C=CC=C/C1=C/NCCCNCCCN/C=C1/C=CC=CC1=O.[Ni]. The quantitative estimate of drug-likeness (QED) is 0.297. The molecule has 6 heteroatoms. The zero-order chi connectivity index (χ0) is 17.7. The van der Waals surface area contributed by atoms with Crippen LogP contribution in [0.1, 0.15) is 12.8 Å². The number of rotatable bonds is 10. The summed E-state index contributed by atoms with van der Waals surface area (Å²) >= 11 is 0. The molecular weight excluding hydrogens is 373 g/mol. The van der Waals surface area contributed by atoms with Crippen LogP contribution in [0.15, 0.2) is 72.2 Å². The average Bonchev–Trinajstić information content (AvgIpc) is 2.62. The Kier molecular flexibility index (Phi) is 11.0. The molecular formula is C20H25N3NiO2. The Hall–Kier alpha value is -2.17. The van der Waals surface area contributed by atoms with Gasteiger partial charge in [0.2, 0.25) is 0 Å². The molecule has 0 saturated heterocycles. The van der Waals surface area contributed by atoms with Crippen molar-refractivity contribution in [1.29, 1.82) is 0 Å². The largest absolute Gasteiger partial charge is 0.390 e. The second-order valence-electron chi connectivity index (χ2n) is 5.73. The maximum absolute atomic E-state index is 11.5. The molecule has 0 fully saturated rings. The summed E-state index contributed by atoms with van der Waals surface area (Å²) in [5.74, 6) is 0.0778. The maximum atomic E-state index is 11.5. The van der Waals surface area contributed by atoms with E-state index in [4.69, 9.17) is 0 Å². The van der Waals surface area contributed by atoms with Gasteiger partial charge in [0.25, 0.3) is 0 Å². The molecule has 2 aliphatic carbocycles. The van der Waals surface area contributed by atoms with Crippen LogP contribution in [0.4, 0.5) is 0 Å². The zero-order valence-corrected chi connectivity index (χ0v) is 15.6. The van der Waals surface area contributed by atoms with Crippen LogP contribution in [-0.2, 0) is 26.1 Å². The summed E-state index contributed by atoms with van der Waals surface area (Å²) in [4.78, 5) is 23.0. The van der Waals surface area contributed by atoms with Crippen molar-refractivity contribution in [3.8, 4) is 0 Å². The summed E-state index contributed by atoms with van der Waals surface area (Å²) in [6.07, 6.45) is 19.5. The van der Waals surface area contributed by atoms with Crippen LogP contribution in [-0.4, -0.2) is 37.7 Å². The van der Waals surface area contributed by atoms with Crippen LogP contribution in [0.5, 0.6) is 0 Å². The minimum absolute atomic E-state index is 0. The molecule has 26 heavy (non-hydrogen) atoms. The number of allylic oxidation sites excluding steroid dienone is 10. The molecule has 0 atom stereocenters. The van der Waals surface area contributed by atoms with E-state index in [-0.39, 0.29) is 28.1 Å². The van der Waals surface area contributed by atoms with E-state index in [2.05, 4.69) is 16.0 Å². The third kappa shape index (κ3) is 8.28. The van der Waals surface area contributed by atoms with Gasteiger partial charge in [0.15, 0.2) is 11.6 Å². The smallest absolute Gasteiger partial charge is 0.187 e. The Bertz CT molecular complexity index is 602. The Morgan fingerprint density at radius 1 is 0.654 bits per heavy atom. The summed E-state index contributed by atoms with van der Waals surface area (Å²) < 4.78 is 0.